The van der Waals surface area contributed by atoms with E-state index in [-0.39, 0.29) is 11.9 Å². The van der Waals surface area contributed by atoms with Crippen LogP contribution in [-0.2, 0) is 14.3 Å². The molecule has 1 aliphatic heterocycles. The number of hydrogen-bond donors (Lipinski definition) is 0. The molecule has 1 heterocycles. The smallest absolute Gasteiger partial charge is 0.308 e. The number of thioether (sulfide) groups is 1. The topological polar surface area (TPSA) is 38.8 Å². The van der Waals surface area contributed by atoms with Crippen LogP contribution >= 0.6 is 11.8 Å². The Morgan fingerprint density at radius 1 is 1.20 bits per heavy atom. The predicted molar refractivity (Wildman–Crippen MR) is 101 cm³/mol. The van der Waals surface area contributed by atoms with Gasteiger partial charge in [0.1, 0.15) is 0 Å². The van der Waals surface area contributed by atoms with E-state index < -0.39 is 0 Å². The van der Waals surface area contributed by atoms with Crippen LogP contribution in [0.2, 0.25) is 0 Å². The normalized spacial score (nSPS) is 30.3. The van der Waals surface area contributed by atoms with E-state index in [1.165, 1.54) is 18.4 Å². The van der Waals surface area contributed by atoms with Crippen LogP contribution in [0.4, 0.5) is 0 Å². The molecule has 2 fully saturated rings. The van der Waals surface area contributed by atoms with E-state index in [1.54, 1.807) is 0 Å². The lowest BCUT2D eigenvalue weighted by Crippen LogP contribution is -2.33. The number of likely N-dealkylation sites (tertiary alicyclic amines) is 1. The highest BCUT2D eigenvalue weighted by molar-refractivity contribution is 8.00. The van der Waals surface area contributed by atoms with E-state index in [0.29, 0.717) is 17.4 Å². The molecule has 2 aliphatic rings. The highest BCUT2D eigenvalue weighted by Gasteiger charge is 2.32. The molecule has 4 nitrogen and oxygen atoms in total. The molecule has 0 radical (unpaired) electrons. The maximum absolute atomic E-state index is 11.6. The summed E-state index contributed by atoms with van der Waals surface area (Å²) in [5.74, 6) is 0.0143. The summed E-state index contributed by atoms with van der Waals surface area (Å²) in [5, 5.41) is 0.635. The van der Waals surface area contributed by atoms with E-state index in [2.05, 4.69) is 42.3 Å². The van der Waals surface area contributed by atoms with Crippen molar-refractivity contribution in [3.63, 3.8) is 0 Å². The molecule has 0 unspecified atom stereocenters. The molecule has 1 saturated carbocycles. The fraction of sp³-hybridized carbons (Fsp3) is 0.650. The van der Waals surface area contributed by atoms with Gasteiger partial charge in [0, 0.05) is 22.7 Å². The van der Waals surface area contributed by atoms with Gasteiger partial charge in [-0.05, 0) is 51.3 Å². The van der Waals surface area contributed by atoms with Crippen LogP contribution < -0.4 is 0 Å². The van der Waals surface area contributed by atoms with Gasteiger partial charge in [-0.3, -0.25) is 9.69 Å². The zero-order valence-electron chi connectivity index (χ0n) is 15.2. The standard InChI is InChI=1S/C20H29NO3S/c1-21-13-19(25-18-6-4-3-5-7-18)12-16(21)14-24-17-10-8-15(9-11-17)20(22)23-2/h3-7,15-17,19H,8-14H2,1-2H3/t15-,16-,17-,19-/m0/s1. The van der Waals surface area contributed by atoms with Crippen molar-refractivity contribution in [2.75, 3.05) is 27.3 Å². The summed E-state index contributed by atoms with van der Waals surface area (Å²) in [5.41, 5.74) is 0. The number of nitrogens with zero attached hydrogens (tertiary/aromatic N) is 1. The van der Waals surface area contributed by atoms with Crippen LogP contribution in [0.3, 0.4) is 0 Å². The number of ether oxygens (including phenoxy) is 2. The van der Waals surface area contributed by atoms with Crippen molar-refractivity contribution in [3.8, 4) is 0 Å². The molecule has 1 aromatic rings. The Bertz CT molecular complexity index is 545. The van der Waals surface area contributed by atoms with Crippen LogP contribution in [0.5, 0.6) is 0 Å². The minimum atomic E-state index is -0.0604. The second-order valence-electron chi connectivity index (χ2n) is 7.21. The minimum Gasteiger partial charge on any atom is -0.469 e. The van der Waals surface area contributed by atoms with Gasteiger partial charge >= 0.3 is 5.97 Å². The Balaban J connectivity index is 1.39. The van der Waals surface area contributed by atoms with Gasteiger partial charge in [0.2, 0.25) is 0 Å². The van der Waals surface area contributed by atoms with Gasteiger partial charge in [0.15, 0.2) is 0 Å². The molecule has 0 aromatic heterocycles. The Kier molecular flexibility index (Phi) is 6.79. The summed E-state index contributed by atoms with van der Waals surface area (Å²) in [7, 11) is 3.68. The number of methoxy groups -OCH3 is 1. The molecule has 0 bridgehead atoms. The van der Waals surface area contributed by atoms with Crippen LogP contribution in [-0.4, -0.2) is 55.6 Å². The lowest BCUT2D eigenvalue weighted by molar-refractivity contribution is -0.147. The Labute approximate surface area is 155 Å². The van der Waals surface area contributed by atoms with Crippen LogP contribution in [0.15, 0.2) is 35.2 Å². The first-order chi connectivity index (χ1) is 12.2. The van der Waals surface area contributed by atoms with E-state index in [0.717, 1.165) is 38.8 Å². The summed E-state index contributed by atoms with van der Waals surface area (Å²) < 4.78 is 11.0. The summed E-state index contributed by atoms with van der Waals surface area (Å²) in [6.07, 6.45) is 5.20. The summed E-state index contributed by atoms with van der Waals surface area (Å²) in [6, 6.07) is 11.1. The zero-order valence-corrected chi connectivity index (χ0v) is 16.0. The number of rotatable bonds is 6. The number of benzene rings is 1. The van der Waals surface area contributed by atoms with Gasteiger partial charge in [-0.15, -0.1) is 11.8 Å². The van der Waals surface area contributed by atoms with Crippen molar-refractivity contribution in [1.29, 1.82) is 0 Å². The fourth-order valence-corrected chi connectivity index (χ4v) is 5.21. The maximum atomic E-state index is 11.6. The molecule has 1 aliphatic carbocycles. The van der Waals surface area contributed by atoms with Gasteiger partial charge in [-0.25, -0.2) is 0 Å². The van der Waals surface area contributed by atoms with Crippen molar-refractivity contribution < 1.29 is 14.3 Å². The average Bonchev–Trinajstić information content (AvgIpc) is 2.99. The highest BCUT2D eigenvalue weighted by Crippen LogP contribution is 2.33. The number of esters is 1. The van der Waals surface area contributed by atoms with Gasteiger partial charge in [0.05, 0.1) is 25.7 Å². The molecule has 0 spiro atoms. The van der Waals surface area contributed by atoms with Crippen LogP contribution in [0.1, 0.15) is 32.1 Å². The summed E-state index contributed by atoms with van der Waals surface area (Å²) in [6.45, 7) is 1.92. The van der Waals surface area contributed by atoms with E-state index in [4.69, 9.17) is 9.47 Å². The van der Waals surface area contributed by atoms with Crippen molar-refractivity contribution in [1.82, 2.24) is 4.90 Å². The summed E-state index contributed by atoms with van der Waals surface area (Å²) >= 11 is 1.98. The first kappa shape index (κ1) is 18.7. The molecule has 2 atom stereocenters. The molecule has 3 rings (SSSR count). The third-order valence-corrected chi connectivity index (χ3v) is 6.65. The molecule has 0 amide bonds. The Morgan fingerprint density at radius 3 is 2.60 bits per heavy atom. The molecular formula is C20H29NO3S. The average molecular weight is 364 g/mol. The second-order valence-corrected chi connectivity index (χ2v) is 8.59. The SMILES string of the molecule is COC(=O)[C@H]1CC[C@H](OC[C@@H]2C[C@H](Sc3ccccc3)CN2C)CC1. The first-order valence-electron chi connectivity index (χ1n) is 9.27. The molecule has 1 saturated heterocycles. The lowest BCUT2D eigenvalue weighted by Gasteiger charge is -2.29. The number of carbonyl (C=O) groups is 1. The monoisotopic (exact) mass is 363 g/mol. The molecule has 5 heteroatoms. The lowest BCUT2D eigenvalue weighted by atomic mass is 9.87. The van der Waals surface area contributed by atoms with Crippen molar-refractivity contribution >= 4 is 17.7 Å². The van der Waals surface area contributed by atoms with Gasteiger partial charge in [-0.1, -0.05) is 18.2 Å². The number of hydrogen-bond acceptors (Lipinski definition) is 5. The van der Waals surface area contributed by atoms with Crippen molar-refractivity contribution in [3.05, 3.63) is 30.3 Å². The first-order valence-corrected chi connectivity index (χ1v) is 10.1. The van der Waals surface area contributed by atoms with E-state index >= 15 is 0 Å². The van der Waals surface area contributed by atoms with Gasteiger partial charge in [0.25, 0.3) is 0 Å². The molecule has 138 valence electrons. The van der Waals surface area contributed by atoms with Gasteiger partial charge < -0.3 is 9.47 Å². The predicted octanol–water partition coefficient (Wildman–Crippen LogP) is 3.60. The van der Waals surface area contributed by atoms with Crippen molar-refractivity contribution in [2.45, 2.75) is 54.4 Å². The Hall–Kier alpha value is -1.04. The molecule has 1 aromatic carbocycles. The zero-order chi connectivity index (χ0) is 17.6. The number of carbonyl (C=O) groups excluding carboxylic acids is 1. The van der Waals surface area contributed by atoms with Crippen molar-refractivity contribution in [2.24, 2.45) is 5.92 Å². The van der Waals surface area contributed by atoms with Crippen LogP contribution in [0, 0.1) is 5.92 Å². The van der Waals surface area contributed by atoms with Crippen LogP contribution in [0.25, 0.3) is 0 Å². The third-order valence-electron chi connectivity index (χ3n) is 5.43. The van der Waals surface area contributed by atoms with Gasteiger partial charge in [-0.2, -0.15) is 0 Å². The minimum absolute atomic E-state index is 0.0604. The largest absolute Gasteiger partial charge is 0.469 e. The third kappa shape index (κ3) is 5.22. The highest BCUT2D eigenvalue weighted by atomic mass is 32.2. The molecule has 25 heavy (non-hydrogen) atoms. The van der Waals surface area contributed by atoms with E-state index in [1.807, 2.05) is 11.8 Å². The number of likely N-dealkylation sites (N-methyl/N-ethyl adjacent to an activating group) is 1. The quantitative estimate of drug-likeness (QED) is 0.722. The second kappa shape index (κ2) is 9.06. The van der Waals surface area contributed by atoms with E-state index in [9.17, 15) is 4.79 Å². The molecule has 0 N–H and O–H groups in total. The Morgan fingerprint density at radius 2 is 1.92 bits per heavy atom. The summed E-state index contributed by atoms with van der Waals surface area (Å²) in [4.78, 5) is 15.4. The maximum Gasteiger partial charge on any atom is 0.308 e. The fourth-order valence-electron chi connectivity index (χ4n) is 3.88. The molecular weight excluding hydrogens is 334 g/mol.